The van der Waals surface area contributed by atoms with Crippen molar-refractivity contribution in [1.82, 2.24) is 20.1 Å². The van der Waals surface area contributed by atoms with Gasteiger partial charge in [0, 0.05) is 31.2 Å². The highest BCUT2D eigenvalue weighted by molar-refractivity contribution is 7.15. The Bertz CT molecular complexity index is 1020. The number of aromatic nitrogens is 1. The SMILES string of the molecule is O=C(NC1CCCC1)N1Cc2nc(N3C4CCC3CN(C(=O)OCc3ccccc3)C4)sc2C1. The number of rotatable bonds is 4. The molecule has 1 aromatic heterocycles. The van der Waals surface area contributed by atoms with E-state index in [1.165, 1.54) is 17.7 Å². The lowest BCUT2D eigenvalue weighted by atomic mass is 10.2. The predicted molar refractivity (Wildman–Crippen MR) is 130 cm³/mol. The van der Waals surface area contributed by atoms with Crippen LogP contribution in [0.25, 0.3) is 0 Å². The Hall–Kier alpha value is -2.81. The molecule has 34 heavy (non-hydrogen) atoms. The van der Waals surface area contributed by atoms with Gasteiger partial charge in [-0.3, -0.25) is 0 Å². The normalized spacial score (nSPS) is 23.9. The molecule has 2 bridgehead atoms. The van der Waals surface area contributed by atoms with Crippen molar-refractivity contribution in [2.24, 2.45) is 0 Å². The van der Waals surface area contributed by atoms with Gasteiger partial charge in [-0.1, -0.05) is 54.5 Å². The smallest absolute Gasteiger partial charge is 0.410 e. The first-order valence-corrected chi connectivity index (χ1v) is 13.2. The average molecular weight is 482 g/mol. The first kappa shape index (κ1) is 21.7. The monoisotopic (exact) mass is 481 g/mol. The van der Waals surface area contributed by atoms with Gasteiger partial charge < -0.3 is 24.8 Å². The highest BCUT2D eigenvalue weighted by atomic mass is 32.1. The summed E-state index contributed by atoms with van der Waals surface area (Å²) in [5, 5.41) is 4.23. The molecule has 1 saturated carbocycles. The van der Waals surface area contributed by atoms with Gasteiger partial charge in [0.15, 0.2) is 5.13 Å². The Morgan fingerprint density at radius 2 is 1.74 bits per heavy atom. The van der Waals surface area contributed by atoms with Gasteiger partial charge >= 0.3 is 12.1 Å². The number of ether oxygens (including phenoxy) is 1. The van der Waals surface area contributed by atoms with E-state index in [9.17, 15) is 9.59 Å². The molecule has 1 aliphatic carbocycles. The molecular weight excluding hydrogens is 450 g/mol. The number of likely N-dealkylation sites (tertiary alicyclic amines) is 1. The van der Waals surface area contributed by atoms with E-state index in [0.29, 0.717) is 38.8 Å². The first-order chi connectivity index (χ1) is 16.6. The van der Waals surface area contributed by atoms with Crippen molar-refractivity contribution in [3.8, 4) is 0 Å². The van der Waals surface area contributed by atoms with Gasteiger partial charge in [0.25, 0.3) is 0 Å². The van der Waals surface area contributed by atoms with Gasteiger partial charge in [0.05, 0.1) is 23.7 Å². The molecule has 2 unspecified atom stereocenters. The zero-order chi connectivity index (χ0) is 23.1. The van der Waals surface area contributed by atoms with Gasteiger partial charge in [-0.2, -0.15) is 0 Å². The van der Waals surface area contributed by atoms with Crippen molar-refractivity contribution in [2.75, 3.05) is 18.0 Å². The zero-order valence-electron chi connectivity index (χ0n) is 19.3. The molecular formula is C25H31N5O3S. The van der Waals surface area contributed by atoms with Crippen molar-refractivity contribution in [3.63, 3.8) is 0 Å². The number of benzene rings is 1. The fourth-order valence-corrected chi connectivity index (χ4v) is 7.02. The number of carbonyl (C=O) groups excluding carboxylic acids is 2. The van der Waals surface area contributed by atoms with E-state index >= 15 is 0 Å². The summed E-state index contributed by atoms with van der Waals surface area (Å²) in [6.45, 7) is 2.88. The Morgan fingerprint density at radius 3 is 2.44 bits per heavy atom. The molecule has 0 spiro atoms. The summed E-state index contributed by atoms with van der Waals surface area (Å²) in [6, 6.07) is 10.7. The molecule has 1 aromatic carbocycles. The third-order valence-corrected chi connectivity index (χ3v) is 8.67. The van der Waals surface area contributed by atoms with E-state index in [1.807, 2.05) is 40.1 Å². The van der Waals surface area contributed by atoms with Crippen molar-refractivity contribution >= 4 is 28.6 Å². The van der Waals surface area contributed by atoms with Gasteiger partial charge in [-0.15, -0.1) is 0 Å². The van der Waals surface area contributed by atoms with E-state index in [4.69, 9.17) is 9.72 Å². The quantitative estimate of drug-likeness (QED) is 0.711. The number of carbonyl (C=O) groups is 2. The molecule has 4 aliphatic rings. The molecule has 2 aromatic rings. The first-order valence-electron chi connectivity index (χ1n) is 12.4. The second kappa shape index (κ2) is 9.09. The molecule has 4 heterocycles. The number of nitrogens with one attached hydrogen (secondary N) is 1. The maximum atomic E-state index is 12.7. The summed E-state index contributed by atoms with van der Waals surface area (Å²) in [5.41, 5.74) is 2.03. The van der Waals surface area contributed by atoms with Crippen LogP contribution in [-0.2, 0) is 24.4 Å². The van der Waals surface area contributed by atoms with Gasteiger partial charge in [0.1, 0.15) is 6.61 Å². The van der Waals surface area contributed by atoms with Gasteiger partial charge in [0.2, 0.25) is 0 Å². The van der Waals surface area contributed by atoms with Crippen LogP contribution in [0.3, 0.4) is 0 Å². The Morgan fingerprint density at radius 1 is 1.00 bits per heavy atom. The van der Waals surface area contributed by atoms with Gasteiger partial charge in [-0.05, 0) is 31.2 Å². The van der Waals surface area contributed by atoms with E-state index in [2.05, 4.69) is 10.2 Å². The Balaban J connectivity index is 1.05. The van der Waals surface area contributed by atoms with Crippen LogP contribution in [0.4, 0.5) is 14.7 Å². The fraction of sp³-hybridized carbons (Fsp3) is 0.560. The molecule has 180 valence electrons. The number of hydrogen-bond donors (Lipinski definition) is 1. The van der Waals surface area contributed by atoms with Crippen molar-refractivity contribution in [2.45, 2.75) is 76.3 Å². The maximum Gasteiger partial charge on any atom is 0.410 e. The number of urea groups is 1. The summed E-state index contributed by atoms with van der Waals surface area (Å²) in [6.07, 6.45) is 6.51. The highest BCUT2D eigenvalue weighted by Crippen LogP contribution is 2.40. The summed E-state index contributed by atoms with van der Waals surface area (Å²) >= 11 is 1.72. The number of fused-ring (bicyclic) bond motifs is 3. The lowest BCUT2D eigenvalue weighted by molar-refractivity contribution is 0.0881. The zero-order valence-corrected chi connectivity index (χ0v) is 20.1. The van der Waals surface area contributed by atoms with Crippen molar-refractivity contribution in [1.29, 1.82) is 0 Å². The lowest BCUT2D eigenvalue weighted by Crippen LogP contribution is -2.55. The summed E-state index contributed by atoms with van der Waals surface area (Å²) < 4.78 is 5.58. The average Bonchev–Trinajstić information content (AvgIpc) is 3.61. The van der Waals surface area contributed by atoms with Crippen LogP contribution in [0.1, 0.15) is 54.7 Å². The fourth-order valence-electron chi connectivity index (χ4n) is 5.79. The number of piperazine rings is 1. The van der Waals surface area contributed by atoms with Crippen LogP contribution in [0.5, 0.6) is 0 Å². The molecule has 1 N–H and O–H groups in total. The van der Waals surface area contributed by atoms with Gasteiger partial charge in [-0.25, -0.2) is 14.6 Å². The molecule has 0 radical (unpaired) electrons. The van der Waals surface area contributed by atoms with Crippen LogP contribution in [0.15, 0.2) is 30.3 Å². The molecule has 3 amide bonds. The number of hydrogen-bond acceptors (Lipinski definition) is 6. The number of anilines is 1. The third kappa shape index (κ3) is 4.21. The summed E-state index contributed by atoms with van der Waals surface area (Å²) in [5.74, 6) is 0. The maximum absolute atomic E-state index is 12.7. The highest BCUT2D eigenvalue weighted by Gasteiger charge is 2.44. The minimum absolute atomic E-state index is 0.0429. The minimum atomic E-state index is -0.231. The molecule has 6 rings (SSSR count). The standard InChI is InChI=1S/C25H31N5O3S/c31-23(26-18-8-4-5-9-18)28-14-21-22(15-28)34-24(27-21)30-19-10-11-20(30)13-29(12-19)25(32)33-16-17-6-2-1-3-7-17/h1-3,6-7,18-20H,4-5,8-16H2,(H,26,31). The lowest BCUT2D eigenvalue weighted by Gasteiger charge is -2.40. The molecule has 2 atom stereocenters. The Kier molecular flexibility index (Phi) is 5.80. The van der Waals surface area contributed by atoms with E-state index in [0.717, 1.165) is 42.1 Å². The second-order valence-corrected chi connectivity index (χ2v) is 11.0. The molecule has 2 saturated heterocycles. The van der Waals surface area contributed by atoms with Crippen LogP contribution in [0.2, 0.25) is 0 Å². The number of thiazole rings is 1. The van der Waals surface area contributed by atoms with Crippen LogP contribution >= 0.6 is 11.3 Å². The Labute approximate surface area is 203 Å². The van der Waals surface area contributed by atoms with Crippen LogP contribution < -0.4 is 10.2 Å². The topological polar surface area (TPSA) is 78.0 Å². The molecule has 8 nitrogen and oxygen atoms in total. The number of nitrogens with zero attached hydrogens (tertiary/aromatic N) is 4. The number of amides is 3. The van der Waals surface area contributed by atoms with E-state index in [-0.39, 0.29) is 24.2 Å². The van der Waals surface area contributed by atoms with E-state index in [1.54, 1.807) is 11.3 Å². The predicted octanol–water partition coefficient (Wildman–Crippen LogP) is 4.10. The summed E-state index contributed by atoms with van der Waals surface area (Å²) in [7, 11) is 0. The summed E-state index contributed by atoms with van der Waals surface area (Å²) in [4.78, 5) is 37.7. The molecule has 3 aliphatic heterocycles. The molecule has 3 fully saturated rings. The van der Waals surface area contributed by atoms with Crippen molar-refractivity contribution < 1.29 is 14.3 Å². The minimum Gasteiger partial charge on any atom is -0.445 e. The van der Waals surface area contributed by atoms with Crippen LogP contribution in [-0.4, -0.2) is 58.1 Å². The van der Waals surface area contributed by atoms with Crippen LogP contribution in [0, 0.1) is 0 Å². The third-order valence-electron chi connectivity index (χ3n) is 7.58. The largest absolute Gasteiger partial charge is 0.445 e. The van der Waals surface area contributed by atoms with E-state index < -0.39 is 0 Å². The molecule has 9 heteroatoms. The van der Waals surface area contributed by atoms with Crippen molar-refractivity contribution in [3.05, 3.63) is 46.5 Å². The second-order valence-electron chi connectivity index (χ2n) is 9.89.